The molecule has 0 spiro atoms. The number of nitrogens with one attached hydrogen (secondary N) is 1. The second kappa shape index (κ2) is 8.29. The number of oxazole rings is 1. The van der Waals surface area contributed by atoms with Gasteiger partial charge in [-0.05, 0) is 48.4 Å². The summed E-state index contributed by atoms with van der Waals surface area (Å²) in [6.45, 7) is 0.592. The molecular formula is C24H16F4N4O2. The number of anilines is 1. The van der Waals surface area contributed by atoms with Crippen molar-refractivity contribution in [3.05, 3.63) is 95.4 Å². The Morgan fingerprint density at radius 2 is 1.88 bits per heavy atom. The van der Waals surface area contributed by atoms with Crippen LogP contribution in [0.25, 0.3) is 17.3 Å². The Hall–Kier alpha value is -4.21. The molecule has 2 aromatic heterocycles. The minimum atomic E-state index is -4.74. The quantitative estimate of drug-likeness (QED) is 0.385. The number of carbonyl (C=O) groups is 1. The Morgan fingerprint density at radius 1 is 1.09 bits per heavy atom. The van der Waals surface area contributed by atoms with Crippen molar-refractivity contribution < 1.29 is 26.8 Å². The summed E-state index contributed by atoms with van der Waals surface area (Å²) in [5, 5.41) is 2.41. The van der Waals surface area contributed by atoms with Crippen LogP contribution in [-0.4, -0.2) is 20.4 Å². The van der Waals surface area contributed by atoms with Crippen LogP contribution in [0.4, 0.5) is 23.2 Å². The largest absolute Gasteiger partial charge is 0.442 e. The van der Waals surface area contributed by atoms with Crippen molar-refractivity contribution in [3.8, 4) is 11.7 Å². The fraction of sp³-hybridized carbons (Fsp3) is 0.125. The van der Waals surface area contributed by atoms with Gasteiger partial charge in [0.15, 0.2) is 5.82 Å². The first kappa shape index (κ1) is 21.6. The fourth-order valence-corrected chi connectivity index (χ4v) is 3.91. The number of hydrogen-bond donors (Lipinski definition) is 1. The van der Waals surface area contributed by atoms with Crippen LogP contribution in [-0.2, 0) is 12.7 Å². The predicted octanol–water partition coefficient (Wildman–Crippen LogP) is 5.78. The maximum Gasteiger partial charge on any atom is 0.417 e. The van der Waals surface area contributed by atoms with Gasteiger partial charge >= 0.3 is 6.18 Å². The van der Waals surface area contributed by atoms with Crippen LogP contribution < -0.4 is 5.32 Å². The molecule has 0 saturated heterocycles. The molecule has 1 aliphatic heterocycles. The van der Waals surface area contributed by atoms with Crippen LogP contribution in [0.3, 0.4) is 0 Å². The zero-order valence-corrected chi connectivity index (χ0v) is 17.4. The van der Waals surface area contributed by atoms with E-state index in [2.05, 4.69) is 15.3 Å². The van der Waals surface area contributed by atoms with Crippen molar-refractivity contribution in [1.29, 1.82) is 0 Å². The van der Waals surface area contributed by atoms with Gasteiger partial charge in [0.1, 0.15) is 12.1 Å². The Morgan fingerprint density at radius 3 is 2.59 bits per heavy atom. The van der Waals surface area contributed by atoms with E-state index in [1.165, 1.54) is 36.7 Å². The van der Waals surface area contributed by atoms with E-state index < -0.39 is 29.0 Å². The van der Waals surface area contributed by atoms with Crippen LogP contribution in [0.5, 0.6) is 0 Å². The van der Waals surface area contributed by atoms with Gasteiger partial charge in [-0.1, -0.05) is 12.1 Å². The molecule has 0 bridgehead atoms. The summed E-state index contributed by atoms with van der Waals surface area (Å²) >= 11 is 0. The van der Waals surface area contributed by atoms with Crippen LogP contribution in [0.1, 0.15) is 33.6 Å². The molecule has 1 aliphatic rings. The lowest BCUT2D eigenvalue weighted by Crippen LogP contribution is -2.19. The zero-order chi connectivity index (χ0) is 23.9. The van der Waals surface area contributed by atoms with Gasteiger partial charge in [0, 0.05) is 17.8 Å². The number of aromatic nitrogens is 3. The smallest absolute Gasteiger partial charge is 0.417 e. The lowest BCUT2D eigenvalue weighted by atomic mass is 9.94. The molecule has 6 nitrogen and oxygen atoms in total. The third-order valence-corrected chi connectivity index (χ3v) is 5.44. The average Bonchev–Trinajstić information content (AvgIpc) is 3.49. The molecule has 10 heteroatoms. The molecule has 2 aromatic carbocycles. The van der Waals surface area contributed by atoms with Crippen molar-refractivity contribution in [1.82, 2.24) is 14.5 Å². The summed E-state index contributed by atoms with van der Waals surface area (Å²) in [6.07, 6.45) is 2.28. The van der Waals surface area contributed by atoms with Crippen molar-refractivity contribution in [3.63, 3.8) is 0 Å². The third-order valence-electron chi connectivity index (χ3n) is 5.44. The van der Waals surface area contributed by atoms with Gasteiger partial charge in [-0.15, -0.1) is 0 Å². The molecule has 172 valence electrons. The number of hydrogen-bond acceptors (Lipinski definition) is 4. The fourth-order valence-electron chi connectivity index (χ4n) is 3.91. The first-order chi connectivity index (χ1) is 16.3. The summed E-state index contributed by atoms with van der Waals surface area (Å²) in [6, 6.07) is 8.19. The molecule has 0 unspecified atom stereocenters. The topological polar surface area (TPSA) is 73.0 Å². The van der Waals surface area contributed by atoms with Crippen LogP contribution >= 0.6 is 0 Å². The number of nitrogens with zero attached hydrogens (tertiary/aromatic N) is 3. The maximum absolute atomic E-state index is 13.7. The third kappa shape index (κ3) is 3.98. The van der Waals surface area contributed by atoms with E-state index in [-0.39, 0.29) is 5.69 Å². The number of amides is 1. The maximum atomic E-state index is 13.7. The zero-order valence-electron chi connectivity index (χ0n) is 17.4. The highest BCUT2D eigenvalue weighted by Crippen LogP contribution is 2.37. The van der Waals surface area contributed by atoms with E-state index in [0.717, 1.165) is 18.2 Å². The van der Waals surface area contributed by atoms with Crippen molar-refractivity contribution in [2.75, 3.05) is 5.32 Å². The van der Waals surface area contributed by atoms with Gasteiger partial charge < -0.3 is 14.3 Å². The summed E-state index contributed by atoms with van der Waals surface area (Å²) in [7, 11) is 0. The Balaban J connectivity index is 1.54. The van der Waals surface area contributed by atoms with E-state index in [1.807, 2.05) is 10.6 Å². The first-order valence-electron chi connectivity index (χ1n) is 10.3. The number of alkyl halides is 3. The van der Waals surface area contributed by atoms with Crippen LogP contribution in [0.15, 0.2) is 71.6 Å². The van der Waals surface area contributed by atoms with E-state index >= 15 is 0 Å². The minimum absolute atomic E-state index is 0.176. The molecule has 1 N–H and O–H groups in total. The second-order valence-corrected chi connectivity index (χ2v) is 7.58. The minimum Gasteiger partial charge on any atom is -0.442 e. The highest BCUT2D eigenvalue weighted by Gasteiger charge is 2.36. The molecular weight excluding hydrogens is 452 g/mol. The highest BCUT2D eigenvalue weighted by molar-refractivity contribution is 6.06. The molecule has 1 amide bonds. The highest BCUT2D eigenvalue weighted by atomic mass is 19.4. The molecule has 3 heterocycles. The van der Waals surface area contributed by atoms with E-state index in [9.17, 15) is 22.4 Å². The lowest BCUT2D eigenvalue weighted by Gasteiger charge is -2.20. The molecule has 5 rings (SSSR count). The van der Waals surface area contributed by atoms with Gasteiger partial charge in [-0.3, -0.25) is 4.79 Å². The van der Waals surface area contributed by atoms with E-state index in [4.69, 9.17) is 4.42 Å². The first-order valence-corrected chi connectivity index (χ1v) is 10.3. The number of allylic oxidation sites excluding steroid dienone is 1. The predicted molar refractivity (Wildman–Crippen MR) is 115 cm³/mol. The van der Waals surface area contributed by atoms with Crippen LogP contribution in [0.2, 0.25) is 0 Å². The SMILES string of the molecule is O=C(Nc1ccc(F)cc1)c1cc(C2=CCCn3c2cnc3-c2ncco2)ccc1C(F)(F)F. The van der Waals surface area contributed by atoms with Gasteiger partial charge in [0.2, 0.25) is 0 Å². The molecule has 0 radical (unpaired) electrons. The normalized spacial score (nSPS) is 13.4. The van der Waals surface area contributed by atoms with Gasteiger partial charge in [0.05, 0.1) is 29.2 Å². The van der Waals surface area contributed by atoms with Crippen molar-refractivity contribution in [2.24, 2.45) is 0 Å². The van der Waals surface area contributed by atoms with Crippen molar-refractivity contribution >= 4 is 17.2 Å². The van der Waals surface area contributed by atoms with E-state index in [0.29, 0.717) is 41.5 Å². The monoisotopic (exact) mass is 468 g/mol. The van der Waals surface area contributed by atoms with Gasteiger partial charge in [-0.25, -0.2) is 14.4 Å². The molecule has 0 atom stereocenters. The molecule has 4 aromatic rings. The Labute approximate surface area is 190 Å². The Bertz CT molecular complexity index is 1390. The summed E-state index contributed by atoms with van der Waals surface area (Å²) in [4.78, 5) is 21.3. The van der Waals surface area contributed by atoms with Crippen molar-refractivity contribution in [2.45, 2.75) is 19.1 Å². The Kier molecular flexibility index (Phi) is 5.27. The van der Waals surface area contributed by atoms with E-state index in [1.54, 1.807) is 6.20 Å². The molecule has 0 saturated carbocycles. The average molecular weight is 468 g/mol. The molecule has 34 heavy (non-hydrogen) atoms. The number of halogens is 4. The molecule has 0 fully saturated rings. The van der Waals surface area contributed by atoms with Gasteiger partial charge in [-0.2, -0.15) is 13.2 Å². The van der Waals surface area contributed by atoms with Gasteiger partial charge in [0.25, 0.3) is 11.8 Å². The standard InChI is InChI=1S/C24H16F4N4O2/c25-15-4-6-16(7-5-15)31-22(33)18-12-14(3-8-19(18)24(26,27)28)17-2-1-10-32-20(17)13-30-21(32)23-29-9-11-34-23/h2-9,11-13H,1,10H2,(H,31,33). The molecule has 0 aliphatic carbocycles. The number of rotatable bonds is 4. The second-order valence-electron chi connectivity index (χ2n) is 7.58. The lowest BCUT2D eigenvalue weighted by molar-refractivity contribution is -0.137. The number of benzene rings is 2. The summed E-state index contributed by atoms with van der Waals surface area (Å²) in [5.41, 5.74) is 0.304. The summed E-state index contributed by atoms with van der Waals surface area (Å²) < 4.78 is 61.5. The summed E-state index contributed by atoms with van der Waals surface area (Å²) in [5.74, 6) is -0.641. The number of carbonyl (C=O) groups excluding carboxylic acids is 1. The number of imidazole rings is 1. The number of fused-ring (bicyclic) bond motifs is 1. The van der Waals surface area contributed by atoms with Crippen LogP contribution in [0, 0.1) is 5.82 Å².